The number of ketones is 1. The molecule has 0 aromatic heterocycles. The first-order chi connectivity index (χ1) is 20.6. The number of aromatic hydroxyl groups is 1. The van der Waals surface area contributed by atoms with E-state index in [1.165, 1.54) is 17.0 Å². The van der Waals surface area contributed by atoms with Crippen LogP contribution in [0.2, 0.25) is 0 Å². The molecule has 0 aliphatic carbocycles. The Morgan fingerprint density at radius 2 is 1.44 bits per heavy atom. The van der Waals surface area contributed by atoms with E-state index >= 15 is 0 Å². The van der Waals surface area contributed by atoms with Crippen molar-refractivity contribution in [1.82, 2.24) is 15.5 Å². The highest BCUT2D eigenvalue weighted by atomic mass is 16.3. The average Bonchev–Trinajstić information content (AvgIpc) is 3.01. The molecule has 6 atom stereocenters. The van der Waals surface area contributed by atoms with Gasteiger partial charge in [0, 0.05) is 13.5 Å². The fourth-order valence-electron chi connectivity index (χ4n) is 5.59. The highest BCUT2D eigenvalue weighted by Crippen LogP contribution is 2.23. The summed E-state index contributed by atoms with van der Waals surface area (Å²) in [4.78, 5) is 56.0. The van der Waals surface area contributed by atoms with Crippen molar-refractivity contribution in [2.75, 3.05) is 7.05 Å². The molecule has 4 N–H and O–H groups in total. The number of hydrogen-bond acceptors (Lipinski definition) is 6. The highest BCUT2D eigenvalue weighted by Gasteiger charge is 2.40. The van der Waals surface area contributed by atoms with E-state index in [0.717, 1.165) is 11.1 Å². The third-order valence-electron chi connectivity index (χ3n) is 8.21. The lowest BCUT2D eigenvalue weighted by molar-refractivity contribution is -0.145. The van der Waals surface area contributed by atoms with Crippen LogP contribution in [-0.4, -0.2) is 69.9 Å². The fraction of sp³-hybridized carbons (Fsp3) is 0.353. The van der Waals surface area contributed by atoms with E-state index in [2.05, 4.69) is 10.6 Å². The number of hydrogen-bond donors (Lipinski definition) is 4. The van der Waals surface area contributed by atoms with Crippen LogP contribution in [0.1, 0.15) is 41.8 Å². The van der Waals surface area contributed by atoms with Gasteiger partial charge in [-0.1, -0.05) is 86.6 Å². The molecule has 1 aliphatic heterocycles. The predicted octanol–water partition coefficient (Wildman–Crippen LogP) is 2.89. The third-order valence-corrected chi connectivity index (χ3v) is 8.21. The minimum absolute atomic E-state index is 0.0123. The van der Waals surface area contributed by atoms with E-state index in [0.29, 0.717) is 0 Å². The number of phenols is 1. The van der Waals surface area contributed by atoms with Crippen LogP contribution in [0.25, 0.3) is 0 Å². The number of aliphatic hydroxyl groups is 1. The molecule has 4 rings (SSSR count). The van der Waals surface area contributed by atoms with Crippen molar-refractivity contribution in [3.05, 3.63) is 102 Å². The van der Waals surface area contributed by atoms with Gasteiger partial charge in [-0.3, -0.25) is 19.2 Å². The first-order valence-electron chi connectivity index (χ1n) is 14.5. The van der Waals surface area contributed by atoms with Crippen LogP contribution in [0, 0.1) is 11.8 Å². The monoisotopic (exact) mass is 585 g/mol. The van der Waals surface area contributed by atoms with Crippen molar-refractivity contribution < 1.29 is 29.4 Å². The van der Waals surface area contributed by atoms with Crippen LogP contribution in [0.4, 0.5) is 0 Å². The molecule has 0 radical (unpaired) electrons. The number of para-hydroxylation sites is 1. The number of nitrogens with zero attached hydrogens (tertiary/aromatic N) is 1. The van der Waals surface area contributed by atoms with E-state index in [4.69, 9.17) is 0 Å². The number of carbonyl (C=O) groups is 4. The van der Waals surface area contributed by atoms with Crippen molar-refractivity contribution in [3.8, 4) is 5.75 Å². The lowest BCUT2D eigenvalue weighted by Crippen LogP contribution is -2.59. The molecule has 3 aromatic rings. The molecule has 226 valence electrons. The summed E-state index contributed by atoms with van der Waals surface area (Å²) in [6.45, 7) is 3.27. The molecule has 1 aliphatic rings. The summed E-state index contributed by atoms with van der Waals surface area (Å²) in [5.41, 5.74) is 1.69. The average molecular weight is 586 g/mol. The van der Waals surface area contributed by atoms with Gasteiger partial charge in [-0.05, 0) is 42.0 Å². The number of benzene rings is 3. The summed E-state index contributed by atoms with van der Waals surface area (Å²) in [5, 5.41) is 27.3. The molecule has 1 saturated heterocycles. The topological polar surface area (TPSA) is 136 Å². The van der Waals surface area contributed by atoms with Gasteiger partial charge < -0.3 is 25.7 Å². The quantitative estimate of drug-likeness (QED) is 0.351. The molecule has 0 spiro atoms. The lowest BCUT2D eigenvalue weighted by atomic mass is 9.86. The molecule has 43 heavy (non-hydrogen) atoms. The predicted molar refractivity (Wildman–Crippen MR) is 162 cm³/mol. The molecule has 1 unspecified atom stereocenters. The zero-order valence-corrected chi connectivity index (χ0v) is 24.6. The van der Waals surface area contributed by atoms with Gasteiger partial charge in [0.05, 0.1) is 29.7 Å². The van der Waals surface area contributed by atoms with Gasteiger partial charge in [-0.15, -0.1) is 0 Å². The van der Waals surface area contributed by atoms with Crippen molar-refractivity contribution >= 4 is 23.5 Å². The molecule has 9 nitrogen and oxygen atoms in total. The van der Waals surface area contributed by atoms with E-state index in [1.807, 2.05) is 60.7 Å². The van der Waals surface area contributed by atoms with Crippen LogP contribution in [-0.2, 0) is 27.2 Å². The maximum absolute atomic E-state index is 13.9. The second kappa shape index (κ2) is 14.1. The summed E-state index contributed by atoms with van der Waals surface area (Å²) >= 11 is 0. The van der Waals surface area contributed by atoms with Crippen LogP contribution in [0.3, 0.4) is 0 Å². The summed E-state index contributed by atoms with van der Waals surface area (Å²) in [6, 6.07) is 21.7. The Hall–Kier alpha value is -4.50. The van der Waals surface area contributed by atoms with Crippen LogP contribution < -0.4 is 10.6 Å². The first kappa shape index (κ1) is 31.4. The summed E-state index contributed by atoms with van der Waals surface area (Å²) in [7, 11) is 1.57. The van der Waals surface area contributed by atoms with Gasteiger partial charge in [0.15, 0.2) is 5.78 Å². The molecule has 3 aromatic carbocycles. The first-order valence-corrected chi connectivity index (χ1v) is 14.5. The van der Waals surface area contributed by atoms with Gasteiger partial charge in [0.2, 0.25) is 11.8 Å². The Morgan fingerprint density at radius 3 is 2.05 bits per heavy atom. The van der Waals surface area contributed by atoms with E-state index in [1.54, 1.807) is 33.0 Å². The summed E-state index contributed by atoms with van der Waals surface area (Å²) in [6.07, 6.45) is -0.910. The normalized spacial score (nSPS) is 25.3. The third kappa shape index (κ3) is 7.67. The van der Waals surface area contributed by atoms with Gasteiger partial charge >= 0.3 is 0 Å². The number of likely N-dealkylation sites (N-methyl/N-ethyl adjacent to an activating group) is 1. The van der Waals surface area contributed by atoms with Gasteiger partial charge in [-0.2, -0.15) is 0 Å². The highest BCUT2D eigenvalue weighted by molar-refractivity contribution is 6.00. The number of carbonyl (C=O) groups excluding carboxylic acids is 4. The fourth-order valence-corrected chi connectivity index (χ4v) is 5.59. The van der Waals surface area contributed by atoms with Crippen LogP contribution >= 0.6 is 0 Å². The standard InChI is InChI=1S/C34H39N3O6/c1-21-18-29(39)27(20-24-14-8-5-9-15-24)37(3)34(43)22(2)31(40)26(19-23-12-6-4-7-13-23)35-33(42)30(21)36-32(41)25-16-10-11-17-28(25)38/h4-17,21-22,26-27,30-31,38,40H,18-20H2,1-3H3,(H,35,42)(H,36,41)/t21-,22+,26-,27?,30-,31-/m0/s1. The smallest absolute Gasteiger partial charge is 0.255 e. The number of phenolic OH excluding ortho intramolecular Hbond substituents is 1. The molecule has 3 amide bonds. The Labute approximate surface area is 251 Å². The van der Waals surface area contributed by atoms with Crippen LogP contribution in [0.15, 0.2) is 84.9 Å². The Bertz CT molecular complexity index is 1430. The van der Waals surface area contributed by atoms with Crippen molar-refractivity contribution in [1.29, 1.82) is 0 Å². The SMILES string of the molecule is C[C@H]1CC(=O)C(Cc2ccccc2)N(C)C(=O)[C@H](C)[C@H](O)[C@H](Cc2ccccc2)NC(=O)[C@H]1NC(=O)c1ccccc1O. The lowest BCUT2D eigenvalue weighted by Gasteiger charge is -2.36. The molecule has 0 saturated carbocycles. The van der Waals surface area contributed by atoms with Gasteiger partial charge in [0.25, 0.3) is 5.91 Å². The zero-order chi connectivity index (χ0) is 31.1. The molecular weight excluding hydrogens is 546 g/mol. The number of amides is 3. The van der Waals surface area contributed by atoms with E-state index < -0.39 is 53.8 Å². The Kier molecular flexibility index (Phi) is 10.3. The second-order valence-electron chi connectivity index (χ2n) is 11.4. The molecule has 1 heterocycles. The van der Waals surface area contributed by atoms with Crippen molar-refractivity contribution in [2.45, 2.75) is 57.3 Å². The summed E-state index contributed by atoms with van der Waals surface area (Å²) in [5.74, 6) is -3.83. The Morgan fingerprint density at radius 1 is 0.884 bits per heavy atom. The molecule has 9 heteroatoms. The molecule has 1 fully saturated rings. The minimum atomic E-state index is -1.30. The maximum atomic E-state index is 13.9. The number of rotatable bonds is 6. The second-order valence-corrected chi connectivity index (χ2v) is 11.4. The largest absolute Gasteiger partial charge is 0.507 e. The minimum Gasteiger partial charge on any atom is -0.507 e. The summed E-state index contributed by atoms with van der Waals surface area (Å²) < 4.78 is 0. The Balaban J connectivity index is 1.72. The zero-order valence-electron chi connectivity index (χ0n) is 24.6. The van der Waals surface area contributed by atoms with Crippen molar-refractivity contribution in [2.24, 2.45) is 11.8 Å². The van der Waals surface area contributed by atoms with Gasteiger partial charge in [-0.25, -0.2) is 0 Å². The van der Waals surface area contributed by atoms with Crippen LogP contribution in [0.5, 0.6) is 5.75 Å². The van der Waals surface area contributed by atoms with Gasteiger partial charge in [0.1, 0.15) is 11.8 Å². The van der Waals surface area contributed by atoms with E-state index in [-0.39, 0.29) is 36.4 Å². The van der Waals surface area contributed by atoms with E-state index in [9.17, 15) is 29.4 Å². The maximum Gasteiger partial charge on any atom is 0.255 e. The molecular formula is C34H39N3O6. The van der Waals surface area contributed by atoms with Crippen molar-refractivity contribution in [3.63, 3.8) is 0 Å². The number of Topliss-reactive ketones (excluding diaryl/α,β-unsaturated/α-hetero) is 1. The number of nitrogens with one attached hydrogen (secondary N) is 2. The molecule has 0 bridgehead atoms. The number of aliphatic hydroxyl groups excluding tert-OH is 1.